The number of nitrogens with zero attached hydrogens (tertiary/aromatic N) is 5. The van der Waals surface area contributed by atoms with Gasteiger partial charge in [0.05, 0.1) is 0 Å². The second kappa shape index (κ2) is 5.58. The van der Waals surface area contributed by atoms with Crippen LogP contribution in [0.5, 0.6) is 0 Å². The van der Waals surface area contributed by atoms with E-state index in [-0.39, 0.29) is 5.82 Å². The summed E-state index contributed by atoms with van der Waals surface area (Å²) in [5.74, 6) is 1.12. The molecule has 1 aliphatic rings. The molecule has 0 aliphatic carbocycles. The lowest BCUT2D eigenvalue weighted by Crippen LogP contribution is -2.50. The van der Waals surface area contributed by atoms with Gasteiger partial charge in [-0.15, -0.1) is 15.3 Å². The molecule has 0 amide bonds. The predicted molar refractivity (Wildman–Crippen MR) is 85.9 cm³/mol. The Balaban J connectivity index is 1.80. The van der Waals surface area contributed by atoms with E-state index in [0.29, 0.717) is 23.1 Å². The Bertz CT molecular complexity index is 845. The highest BCUT2D eigenvalue weighted by molar-refractivity contribution is 5.59. The first-order valence-electron chi connectivity index (χ1n) is 7.68. The predicted octanol–water partition coefficient (Wildman–Crippen LogP) is 1.73. The van der Waals surface area contributed by atoms with Crippen molar-refractivity contribution in [2.75, 3.05) is 24.5 Å². The lowest BCUT2D eigenvalue weighted by Gasteiger charge is -2.34. The topological polar surface area (TPSA) is 58.3 Å². The van der Waals surface area contributed by atoms with Crippen molar-refractivity contribution >= 4 is 11.5 Å². The van der Waals surface area contributed by atoms with Gasteiger partial charge in [-0.3, -0.25) is 0 Å². The van der Waals surface area contributed by atoms with Gasteiger partial charge in [0, 0.05) is 31.2 Å². The molecule has 118 valence electrons. The molecule has 6 nitrogen and oxygen atoms in total. The normalized spacial score (nSPS) is 18.5. The van der Waals surface area contributed by atoms with Crippen molar-refractivity contribution in [1.82, 2.24) is 25.1 Å². The van der Waals surface area contributed by atoms with Crippen molar-refractivity contribution < 1.29 is 4.39 Å². The number of rotatable bonds is 2. The van der Waals surface area contributed by atoms with Gasteiger partial charge in [0.25, 0.3) is 0 Å². The first-order valence-corrected chi connectivity index (χ1v) is 7.68. The van der Waals surface area contributed by atoms with Gasteiger partial charge in [-0.1, -0.05) is 12.1 Å². The van der Waals surface area contributed by atoms with E-state index in [1.54, 1.807) is 16.6 Å². The summed E-state index contributed by atoms with van der Waals surface area (Å²) in [5, 5.41) is 16.3. The van der Waals surface area contributed by atoms with Crippen LogP contribution in [0.15, 0.2) is 36.4 Å². The zero-order chi connectivity index (χ0) is 15.8. The van der Waals surface area contributed by atoms with Crippen LogP contribution in [0.3, 0.4) is 0 Å². The summed E-state index contributed by atoms with van der Waals surface area (Å²) in [6.07, 6.45) is 0. The number of benzene rings is 1. The summed E-state index contributed by atoms with van der Waals surface area (Å²) in [7, 11) is 0. The molecule has 0 radical (unpaired) electrons. The number of nitrogens with one attached hydrogen (secondary N) is 1. The van der Waals surface area contributed by atoms with Crippen molar-refractivity contribution in [2.24, 2.45) is 0 Å². The zero-order valence-electron chi connectivity index (χ0n) is 12.8. The van der Waals surface area contributed by atoms with Gasteiger partial charge in [-0.2, -0.15) is 4.52 Å². The largest absolute Gasteiger partial charge is 0.350 e. The van der Waals surface area contributed by atoms with E-state index in [9.17, 15) is 4.39 Å². The summed E-state index contributed by atoms with van der Waals surface area (Å²) < 4.78 is 15.2. The molecule has 4 rings (SSSR count). The third-order valence-electron chi connectivity index (χ3n) is 4.13. The first-order chi connectivity index (χ1) is 11.2. The average molecular weight is 312 g/mol. The first kappa shape index (κ1) is 14.1. The van der Waals surface area contributed by atoms with Gasteiger partial charge in [-0.05, 0) is 31.2 Å². The third-order valence-corrected chi connectivity index (χ3v) is 4.13. The molecule has 3 heterocycles. The van der Waals surface area contributed by atoms with Crippen molar-refractivity contribution in [3.8, 4) is 11.4 Å². The number of hydrogen-bond acceptors (Lipinski definition) is 5. The molecule has 3 aromatic rings. The number of aromatic nitrogens is 4. The summed E-state index contributed by atoms with van der Waals surface area (Å²) in [6, 6.07) is 10.5. The Hall–Kier alpha value is -2.54. The van der Waals surface area contributed by atoms with Crippen LogP contribution >= 0.6 is 0 Å². The van der Waals surface area contributed by atoms with Crippen LogP contribution in [0, 0.1) is 5.82 Å². The molecular weight excluding hydrogens is 295 g/mol. The number of halogens is 1. The summed E-state index contributed by atoms with van der Waals surface area (Å²) in [4.78, 5) is 2.26. The van der Waals surface area contributed by atoms with E-state index in [0.717, 1.165) is 25.5 Å². The average Bonchev–Trinajstić information content (AvgIpc) is 2.98. The second-order valence-corrected chi connectivity index (χ2v) is 5.74. The van der Waals surface area contributed by atoms with Crippen LogP contribution in [0.1, 0.15) is 6.92 Å². The molecule has 0 unspecified atom stereocenters. The molecule has 0 saturated carbocycles. The maximum atomic E-state index is 13.5. The fourth-order valence-corrected chi connectivity index (χ4v) is 2.92. The van der Waals surface area contributed by atoms with Crippen LogP contribution in [0.2, 0.25) is 0 Å². The smallest absolute Gasteiger partial charge is 0.185 e. The van der Waals surface area contributed by atoms with Crippen LogP contribution in [-0.4, -0.2) is 45.5 Å². The minimum atomic E-state index is -0.300. The minimum Gasteiger partial charge on any atom is -0.350 e. The highest BCUT2D eigenvalue weighted by Crippen LogP contribution is 2.21. The van der Waals surface area contributed by atoms with E-state index in [4.69, 9.17) is 0 Å². The maximum absolute atomic E-state index is 13.5. The molecule has 1 saturated heterocycles. The molecule has 2 aromatic heterocycles. The van der Waals surface area contributed by atoms with Crippen molar-refractivity contribution in [3.63, 3.8) is 0 Å². The van der Waals surface area contributed by atoms with Crippen LogP contribution in [0.25, 0.3) is 17.0 Å². The van der Waals surface area contributed by atoms with Gasteiger partial charge >= 0.3 is 0 Å². The fourth-order valence-electron chi connectivity index (χ4n) is 2.92. The Kier molecular flexibility index (Phi) is 3.42. The summed E-state index contributed by atoms with van der Waals surface area (Å²) in [6.45, 7) is 4.93. The Morgan fingerprint density at radius 1 is 1.22 bits per heavy atom. The van der Waals surface area contributed by atoms with Crippen LogP contribution in [0.4, 0.5) is 10.2 Å². The molecular formula is C16H17FN6. The van der Waals surface area contributed by atoms with Gasteiger partial charge in [-0.25, -0.2) is 4.39 Å². The van der Waals surface area contributed by atoms with Crippen LogP contribution in [-0.2, 0) is 0 Å². The molecule has 1 atom stereocenters. The Labute approximate surface area is 132 Å². The molecule has 23 heavy (non-hydrogen) atoms. The van der Waals surface area contributed by atoms with Crippen LogP contribution < -0.4 is 10.2 Å². The molecule has 1 N–H and O–H groups in total. The molecule has 7 heteroatoms. The van der Waals surface area contributed by atoms with Crippen molar-refractivity contribution in [3.05, 3.63) is 42.2 Å². The molecule has 1 fully saturated rings. The molecule has 1 aromatic carbocycles. The Morgan fingerprint density at radius 2 is 2.13 bits per heavy atom. The Morgan fingerprint density at radius 3 is 2.96 bits per heavy atom. The number of hydrogen-bond donors (Lipinski definition) is 1. The third kappa shape index (κ3) is 2.53. The van der Waals surface area contributed by atoms with E-state index in [2.05, 4.69) is 32.4 Å². The van der Waals surface area contributed by atoms with E-state index >= 15 is 0 Å². The van der Waals surface area contributed by atoms with E-state index in [1.165, 1.54) is 12.1 Å². The zero-order valence-corrected chi connectivity index (χ0v) is 12.8. The highest BCUT2D eigenvalue weighted by atomic mass is 19.1. The lowest BCUT2D eigenvalue weighted by atomic mass is 10.2. The monoisotopic (exact) mass is 312 g/mol. The quantitative estimate of drug-likeness (QED) is 0.781. The van der Waals surface area contributed by atoms with Gasteiger partial charge in [0.1, 0.15) is 11.6 Å². The maximum Gasteiger partial charge on any atom is 0.185 e. The second-order valence-electron chi connectivity index (χ2n) is 5.74. The van der Waals surface area contributed by atoms with E-state index in [1.807, 2.05) is 12.1 Å². The van der Waals surface area contributed by atoms with Gasteiger partial charge in [0.15, 0.2) is 11.5 Å². The SMILES string of the molecule is C[C@@H]1CNCCN1c1ccc2nnc(-c3cccc(F)c3)n2n1. The van der Waals surface area contributed by atoms with Gasteiger partial charge < -0.3 is 10.2 Å². The fraction of sp³-hybridized carbons (Fsp3) is 0.312. The lowest BCUT2D eigenvalue weighted by molar-refractivity contribution is 0.495. The number of piperazine rings is 1. The summed E-state index contributed by atoms with van der Waals surface area (Å²) in [5.41, 5.74) is 1.31. The molecule has 1 aliphatic heterocycles. The molecule has 0 spiro atoms. The molecule has 0 bridgehead atoms. The van der Waals surface area contributed by atoms with Crippen molar-refractivity contribution in [2.45, 2.75) is 13.0 Å². The highest BCUT2D eigenvalue weighted by Gasteiger charge is 2.20. The number of fused-ring (bicyclic) bond motifs is 1. The number of anilines is 1. The summed E-state index contributed by atoms with van der Waals surface area (Å²) >= 11 is 0. The van der Waals surface area contributed by atoms with E-state index < -0.39 is 0 Å². The standard InChI is InChI=1S/C16H17FN6/c1-11-10-18-7-8-22(11)15-6-5-14-19-20-16(23(14)21-15)12-3-2-4-13(17)9-12/h2-6,9,11,18H,7-8,10H2,1H3/t11-/m1/s1. The minimum absolute atomic E-state index is 0.300. The van der Waals surface area contributed by atoms with Crippen molar-refractivity contribution in [1.29, 1.82) is 0 Å². The van der Waals surface area contributed by atoms with Gasteiger partial charge in [0.2, 0.25) is 0 Å².